The number of pyridine rings is 1. The Kier molecular flexibility index (Phi) is 6.02. The number of nitrogens with two attached hydrogens (primary N) is 1. The van der Waals surface area contributed by atoms with E-state index in [0.29, 0.717) is 35.3 Å². The molecule has 0 bridgehead atoms. The second-order valence-corrected chi connectivity index (χ2v) is 7.78. The Hall–Kier alpha value is -3.94. The largest absolute Gasteiger partial charge is 0.467 e. The molecule has 4 aromatic rings. The van der Waals surface area contributed by atoms with Gasteiger partial charge in [-0.15, -0.1) is 0 Å². The van der Waals surface area contributed by atoms with E-state index in [1.54, 1.807) is 23.2 Å². The topological polar surface area (TPSA) is 116 Å². The predicted octanol–water partition coefficient (Wildman–Crippen LogP) is 3.37. The van der Waals surface area contributed by atoms with Crippen LogP contribution in [0, 0.1) is 5.92 Å². The van der Waals surface area contributed by atoms with Gasteiger partial charge in [-0.3, -0.25) is 9.59 Å². The zero-order valence-corrected chi connectivity index (χ0v) is 18.0. The van der Waals surface area contributed by atoms with Gasteiger partial charge in [0, 0.05) is 5.56 Å². The number of nitrogens with zero attached hydrogens (tertiary/aromatic N) is 3. The molecule has 0 aliphatic carbocycles. The number of carbonyl (C=O) groups excluding carboxylic acids is 2. The van der Waals surface area contributed by atoms with Crippen LogP contribution >= 0.6 is 0 Å². The van der Waals surface area contributed by atoms with Crippen molar-refractivity contribution in [1.82, 2.24) is 20.1 Å². The minimum Gasteiger partial charge on any atom is -0.467 e. The van der Waals surface area contributed by atoms with Gasteiger partial charge < -0.3 is 15.5 Å². The molecule has 32 heavy (non-hydrogen) atoms. The molecule has 3 heterocycles. The van der Waals surface area contributed by atoms with Gasteiger partial charge in [-0.1, -0.05) is 50.6 Å². The number of hydrogen-bond donors (Lipinski definition) is 2. The Morgan fingerprint density at radius 2 is 1.97 bits per heavy atom. The molecule has 8 nitrogen and oxygen atoms in total. The summed E-state index contributed by atoms with van der Waals surface area (Å²) in [6.45, 7) is 4.21. The van der Waals surface area contributed by atoms with Crippen LogP contribution in [0.3, 0.4) is 0 Å². The minimum atomic E-state index is -0.769. The third kappa shape index (κ3) is 4.25. The quantitative estimate of drug-likeness (QED) is 0.444. The lowest BCUT2D eigenvalue weighted by Gasteiger charge is -2.21. The van der Waals surface area contributed by atoms with E-state index in [-0.39, 0.29) is 5.92 Å². The molecular formula is C24H25N5O3. The number of aromatic nitrogens is 3. The van der Waals surface area contributed by atoms with E-state index in [2.05, 4.69) is 10.4 Å². The number of amides is 2. The molecule has 0 saturated heterocycles. The van der Waals surface area contributed by atoms with Crippen molar-refractivity contribution in [2.75, 3.05) is 0 Å². The molecule has 0 saturated carbocycles. The number of furan rings is 1. The second kappa shape index (κ2) is 9.05. The summed E-state index contributed by atoms with van der Waals surface area (Å²) in [4.78, 5) is 30.1. The first-order valence-corrected chi connectivity index (χ1v) is 10.5. The van der Waals surface area contributed by atoms with Crippen LogP contribution in [0.25, 0.3) is 22.3 Å². The first kappa shape index (κ1) is 21.3. The lowest BCUT2D eigenvalue weighted by molar-refractivity contribution is -0.120. The van der Waals surface area contributed by atoms with Crippen molar-refractivity contribution < 1.29 is 14.0 Å². The third-order valence-electron chi connectivity index (χ3n) is 5.62. The van der Waals surface area contributed by atoms with Gasteiger partial charge in [-0.25, -0.2) is 9.67 Å². The normalized spacial score (nSPS) is 13.1. The highest BCUT2D eigenvalue weighted by Gasteiger charge is 2.26. The molecule has 0 radical (unpaired) electrons. The number of hydrogen-bond acceptors (Lipinski definition) is 5. The van der Waals surface area contributed by atoms with E-state index < -0.39 is 17.9 Å². The molecule has 3 aromatic heterocycles. The summed E-state index contributed by atoms with van der Waals surface area (Å²) >= 11 is 0. The van der Waals surface area contributed by atoms with E-state index in [4.69, 9.17) is 15.1 Å². The number of benzene rings is 1. The van der Waals surface area contributed by atoms with E-state index >= 15 is 0 Å². The monoisotopic (exact) mass is 431 g/mol. The second-order valence-electron chi connectivity index (χ2n) is 7.78. The third-order valence-corrected chi connectivity index (χ3v) is 5.62. The van der Waals surface area contributed by atoms with Crippen LogP contribution in [-0.4, -0.2) is 32.6 Å². The Bertz CT molecular complexity index is 1230. The summed E-state index contributed by atoms with van der Waals surface area (Å²) in [5.41, 5.74) is 7.98. The standard InChI is InChI=1S/C24H25N5O3/c1-3-15(2)21(22(25)30)28-24(31)18-12-20(16-8-5-4-6-9-16)27-23-19(18)13-26-29(23)14-17-10-7-11-32-17/h4-13,15,21H,3,14H2,1-2H3,(H2,25,30)(H,28,31). The number of fused-ring (bicyclic) bond motifs is 1. The summed E-state index contributed by atoms with van der Waals surface area (Å²) in [6.07, 6.45) is 3.91. The highest BCUT2D eigenvalue weighted by molar-refractivity contribution is 6.07. The van der Waals surface area contributed by atoms with Crippen molar-refractivity contribution in [1.29, 1.82) is 0 Å². The Morgan fingerprint density at radius 1 is 1.19 bits per heavy atom. The average Bonchev–Trinajstić information content (AvgIpc) is 3.47. The molecule has 0 spiro atoms. The molecule has 0 aliphatic rings. The van der Waals surface area contributed by atoms with E-state index in [0.717, 1.165) is 11.3 Å². The molecule has 1 aromatic carbocycles. The number of carbonyl (C=O) groups is 2. The molecule has 2 unspecified atom stereocenters. The van der Waals surface area contributed by atoms with Crippen LogP contribution in [0.15, 0.2) is 65.4 Å². The fourth-order valence-electron chi connectivity index (χ4n) is 3.61. The van der Waals surface area contributed by atoms with Crippen LogP contribution in [0.4, 0.5) is 0 Å². The van der Waals surface area contributed by atoms with Gasteiger partial charge in [0.1, 0.15) is 18.3 Å². The summed E-state index contributed by atoms with van der Waals surface area (Å²) in [5, 5.41) is 7.83. The van der Waals surface area contributed by atoms with Gasteiger partial charge in [0.2, 0.25) is 5.91 Å². The first-order valence-electron chi connectivity index (χ1n) is 10.5. The number of primary amides is 1. The van der Waals surface area contributed by atoms with Crippen molar-refractivity contribution in [3.8, 4) is 11.3 Å². The zero-order valence-electron chi connectivity index (χ0n) is 18.0. The SMILES string of the molecule is CCC(C)C(NC(=O)c1cc(-c2ccccc2)nc2c1cnn2Cc1ccco1)C(N)=O. The van der Waals surface area contributed by atoms with E-state index in [1.807, 2.05) is 56.3 Å². The van der Waals surface area contributed by atoms with Crippen LogP contribution < -0.4 is 11.1 Å². The van der Waals surface area contributed by atoms with Gasteiger partial charge in [0.25, 0.3) is 5.91 Å². The molecule has 0 aliphatic heterocycles. The summed E-state index contributed by atoms with van der Waals surface area (Å²) in [6, 6.07) is 14.2. The van der Waals surface area contributed by atoms with Gasteiger partial charge in [-0.05, 0) is 24.1 Å². The van der Waals surface area contributed by atoms with Crippen molar-refractivity contribution in [2.45, 2.75) is 32.9 Å². The van der Waals surface area contributed by atoms with Gasteiger partial charge in [-0.2, -0.15) is 5.10 Å². The molecule has 3 N–H and O–H groups in total. The Labute approximate surface area is 185 Å². The van der Waals surface area contributed by atoms with Gasteiger partial charge >= 0.3 is 0 Å². The van der Waals surface area contributed by atoms with Crippen molar-refractivity contribution in [2.24, 2.45) is 11.7 Å². The van der Waals surface area contributed by atoms with Crippen molar-refractivity contribution in [3.05, 3.63) is 72.3 Å². The fraction of sp³-hybridized carbons (Fsp3) is 0.250. The maximum absolute atomic E-state index is 13.3. The lowest BCUT2D eigenvalue weighted by atomic mass is 9.98. The minimum absolute atomic E-state index is 0.0935. The molecule has 2 atom stereocenters. The molecule has 0 fully saturated rings. The number of nitrogens with one attached hydrogen (secondary N) is 1. The molecular weight excluding hydrogens is 406 g/mol. The highest BCUT2D eigenvalue weighted by Crippen LogP contribution is 2.26. The fourth-order valence-corrected chi connectivity index (χ4v) is 3.61. The lowest BCUT2D eigenvalue weighted by Crippen LogP contribution is -2.48. The van der Waals surface area contributed by atoms with Crippen LogP contribution in [-0.2, 0) is 11.3 Å². The molecule has 2 amide bonds. The maximum atomic E-state index is 13.3. The Morgan fingerprint density at radius 3 is 2.62 bits per heavy atom. The van der Waals surface area contributed by atoms with Crippen LogP contribution in [0.1, 0.15) is 36.4 Å². The van der Waals surface area contributed by atoms with Crippen molar-refractivity contribution >= 4 is 22.8 Å². The average molecular weight is 431 g/mol. The molecule has 164 valence electrons. The zero-order chi connectivity index (χ0) is 22.7. The highest BCUT2D eigenvalue weighted by atomic mass is 16.3. The summed E-state index contributed by atoms with van der Waals surface area (Å²) < 4.78 is 7.14. The van der Waals surface area contributed by atoms with Crippen molar-refractivity contribution in [3.63, 3.8) is 0 Å². The predicted molar refractivity (Wildman–Crippen MR) is 121 cm³/mol. The summed E-state index contributed by atoms with van der Waals surface area (Å²) in [5.74, 6) is -0.325. The molecule has 8 heteroatoms. The molecule has 4 rings (SSSR count). The van der Waals surface area contributed by atoms with E-state index in [1.165, 1.54) is 0 Å². The summed E-state index contributed by atoms with van der Waals surface area (Å²) in [7, 11) is 0. The smallest absolute Gasteiger partial charge is 0.252 e. The first-order chi connectivity index (χ1) is 15.5. The maximum Gasteiger partial charge on any atom is 0.252 e. The van der Waals surface area contributed by atoms with Crippen LogP contribution in [0.2, 0.25) is 0 Å². The number of rotatable bonds is 8. The van der Waals surface area contributed by atoms with Gasteiger partial charge in [0.15, 0.2) is 5.65 Å². The van der Waals surface area contributed by atoms with Crippen LogP contribution in [0.5, 0.6) is 0 Å². The van der Waals surface area contributed by atoms with E-state index in [9.17, 15) is 9.59 Å². The van der Waals surface area contributed by atoms with Gasteiger partial charge in [0.05, 0.1) is 29.1 Å². The Balaban J connectivity index is 1.80.